The SMILES string of the molecule is O=C(O)CNC(=O)c1c(O)c(C(=O)Nc2cccnc2)c(=O)n(CC2CCCCC2)c1O. The van der Waals surface area contributed by atoms with E-state index in [-0.39, 0.29) is 18.2 Å². The van der Waals surface area contributed by atoms with Gasteiger partial charge in [0.1, 0.15) is 17.7 Å². The number of pyridine rings is 2. The number of carbonyl (C=O) groups excluding carboxylic acids is 2. The first kappa shape index (κ1) is 22.8. The molecule has 0 saturated heterocycles. The number of nitrogens with one attached hydrogen (secondary N) is 2. The van der Waals surface area contributed by atoms with Crippen LogP contribution in [0.5, 0.6) is 11.6 Å². The van der Waals surface area contributed by atoms with Gasteiger partial charge in [-0.15, -0.1) is 0 Å². The maximum absolute atomic E-state index is 13.1. The minimum atomic E-state index is -1.34. The molecule has 3 rings (SSSR count). The summed E-state index contributed by atoms with van der Waals surface area (Å²) in [5, 5.41) is 34.5. The van der Waals surface area contributed by atoms with E-state index in [0.29, 0.717) is 0 Å². The van der Waals surface area contributed by atoms with Crippen molar-refractivity contribution < 1.29 is 29.7 Å². The van der Waals surface area contributed by atoms with E-state index in [4.69, 9.17) is 5.11 Å². The molecule has 170 valence electrons. The van der Waals surface area contributed by atoms with Gasteiger partial charge in [0.25, 0.3) is 17.4 Å². The quantitative estimate of drug-likeness (QED) is 0.425. The first-order valence-corrected chi connectivity index (χ1v) is 10.2. The molecule has 0 spiro atoms. The van der Waals surface area contributed by atoms with E-state index in [1.54, 1.807) is 6.07 Å². The first-order valence-electron chi connectivity index (χ1n) is 10.2. The highest BCUT2D eigenvalue weighted by Crippen LogP contribution is 2.31. The Morgan fingerprint density at radius 3 is 2.44 bits per heavy atom. The largest absolute Gasteiger partial charge is 0.506 e. The van der Waals surface area contributed by atoms with E-state index in [0.717, 1.165) is 36.7 Å². The van der Waals surface area contributed by atoms with Crippen LogP contribution in [0.4, 0.5) is 5.69 Å². The minimum Gasteiger partial charge on any atom is -0.506 e. The third-order valence-corrected chi connectivity index (χ3v) is 5.35. The number of carbonyl (C=O) groups is 3. The van der Waals surface area contributed by atoms with Crippen molar-refractivity contribution in [2.45, 2.75) is 38.6 Å². The molecular weight excluding hydrogens is 420 g/mol. The van der Waals surface area contributed by atoms with Crippen molar-refractivity contribution in [1.82, 2.24) is 14.9 Å². The second-order valence-electron chi connectivity index (χ2n) is 7.61. The first-order chi connectivity index (χ1) is 15.3. The van der Waals surface area contributed by atoms with E-state index >= 15 is 0 Å². The smallest absolute Gasteiger partial charge is 0.322 e. The molecule has 1 fully saturated rings. The van der Waals surface area contributed by atoms with Crippen LogP contribution in [-0.4, -0.2) is 49.2 Å². The third-order valence-electron chi connectivity index (χ3n) is 5.35. The summed E-state index contributed by atoms with van der Waals surface area (Å²) in [6, 6.07) is 3.07. The van der Waals surface area contributed by atoms with Gasteiger partial charge in [-0.25, -0.2) is 0 Å². The molecule has 0 bridgehead atoms. The number of hydrogen-bond acceptors (Lipinski definition) is 7. The van der Waals surface area contributed by atoms with Crippen molar-refractivity contribution in [2.75, 3.05) is 11.9 Å². The lowest BCUT2D eigenvalue weighted by Crippen LogP contribution is -2.35. The highest BCUT2D eigenvalue weighted by atomic mass is 16.4. The van der Waals surface area contributed by atoms with Crippen LogP contribution in [0.1, 0.15) is 52.8 Å². The summed E-state index contributed by atoms with van der Waals surface area (Å²) in [6.07, 6.45) is 7.41. The molecule has 5 N–H and O–H groups in total. The van der Waals surface area contributed by atoms with Crippen LogP contribution in [0, 0.1) is 5.92 Å². The number of aromatic nitrogens is 2. The second kappa shape index (κ2) is 9.94. The van der Waals surface area contributed by atoms with Crippen LogP contribution in [-0.2, 0) is 11.3 Å². The number of amides is 2. The van der Waals surface area contributed by atoms with E-state index < -0.39 is 52.6 Å². The molecule has 2 heterocycles. The van der Waals surface area contributed by atoms with Gasteiger partial charge in [-0.3, -0.25) is 28.7 Å². The van der Waals surface area contributed by atoms with Crippen molar-refractivity contribution in [1.29, 1.82) is 0 Å². The van der Waals surface area contributed by atoms with Crippen LogP contribution < -0.4 is 16.2 Å². The van der Waals surface area contributed by atoms with Crippen molar-refractivity contribution >= 4 is 23.5 Å². The maximum Gasteiger partial charge on any atom is 0.322 e. The Morgan fingerprint density at radius 1 is 1.09 bits per heavy atom. The number of carboxylic acid groups (broad SMARTS) is 1. The predicted molar refractivity (Wildman–Crippen MR) is 113 cm³/mol. The second-order valence-corrected chi connectivity index (χ2v) is 7.61. The van der Waals surface area contributed by atoms with Gasteiger partial charge in [-0.05, 0) is 30.9 Å². The van der Waals surface area contributed by atoms with Crippen LogP contribution in [0.15, 0.2) is 29.3 Å². The molecule has 0 unspecified atom stereocenters. The Kier molecular flexibility index (Phi) is 7.08. The lowest BCUT2D eigenvalue weighted by molar-refractivity contribution is -0.135. The lowest BCUT2D eigenvalue weighted by Gasteiger charge is -2.24. The Hall–Kier alpha value is -3.89. The summed E-state index contributed by atoms with van der Waals surface area (Å²) in [5.74, 6) is -5.28. The van der Waals surface area contributed by atoms with Gasteiger partial charge < -0.3 is 26.0 Å². The maximum atomic E-state index is 13.1. The average Bonchev–Trinajstić information content (AvgIpc) is 2.76. The Bertz CT molecular complexity index is 1080. The summed E-state index contributed by atoms with van der Waals surface area (Å²) < 4.78 is 0.892. The fraction of sp³-hybridized carbons (Fsp3) is 0.381. The topological polar surface area (TPSA) is 171 Å². The van der Waals surface area contributed by atoms with Crippen molar-refractivity contribution in [3.8, 4) is 11.6 Å². The molecule has 2 aromatic heterocycles. The highest BCUT2D eigenvalue weighted by Gasteiger charge is 2.31. The number of hydrogen-bond donors (Lipinski definition) is 5. The third kappa shape index (κ3) is 5.05. The fourth-order valence-corrected chi connectivity index (χ4v) is 3.78. The zero-order valence-electron chi connectivity index (χ0n) is 17.2. The van der Waals surface area contributed by atoms with E-state index in [1.807, 2.05) is 5.32 Å². The number of anilines is 1. The van der Waals surface area contributed by atoms with Crippen LogP contribution in [0.2, 0.25) is 0 Å². The number of nitrogens with zero attached hydrogens (tertiary/aromatic N) is 2. The molecule has 1 aliphatic carbocycles. The Morgan fingerprint density at radius 2 is 1.81 bits per heavy atom. The monoisotopic (exact) mass is 444 g/mol. The molecule has 11 heteroatoms. The van der Waals surface area contributed by atoms with Gasteiger partial charge >= 0.3 is 5.97 Å². The van der Waals surface area contributed by atoms with Gasteiger partial charge in [0.2, 0.25) is 5.88 Å². The molecule has 32 heavy (non-hydrogen) atoms. The Labute approximate surface area is 182 Å². The van der Waals surface area contributed by atoms with E-state index in [1.165, 1.54) is 18.5 Å². The highest BCUT2D eigenvalue weighted by molar-refractivity contribution is 6.09. The Balaban J connectivity index is 2.07. The minimum absolute atomic E-state index is 0.0426. The molecule has 11 nitrogen and oxygen atoms in total. The standard InChI is InChI=1S/C21H24N4O7/c26-14(27)10-23-18(29)15-17(28)16(19(30)24-13-7-4-8-22-9-13)21(32)25(20(15)31)11-12-5-2-1-3-6-12/h4,7-9,12,28,31H,1-3,5-6,10-11H2,(H,23,29)(H,24,30)(H,26,27). The number of aromatic hydroxyl groups is 2. The van der Waals surface area contributed by atoms with Crippen molar-refractivity contribution in [3.05, 3.63) is 46.0 Å². The number of carboxylic acids is 1. The van der Waals surface area contributed by atoms with Gasteiger partial charge in [0, 0.05) is 12.7 Å². The molecule has 0 aromatic carbocycles. The lowest BCUT2D eigenvalue weighted by atomic mass is 9.89. The van der Waals surface area contributed by atoms with Gasteiger partial charge in [0.15, 0.2) is 5.75 Å². The van der Waals surface area contributed by atoms with E-state index in [9.17, 15) is 29.4 Å². The molecule has 1 saturated carbocycles. The summed E-state index contributed by atoms with van der Waals surface area (Å²) >= 11 is 0. The zero-order chi connectivity index (χ0) is 23.3. The van der Waals surface area contributed by atoms with E-state index in [2.05, 4.69) is 10.3 Å². The average molecular weight is 444 g/mol. The molecule has 0 aliphatic heterocycles. The number of aliphatic carboxylic acids is 1. The summed E-state index contributed by atoms with van der Waals surface area (Å²) in [6.45, 7) is -0.728. The van der Waals surface area contributed by atoms with Gasteiger partial charge in [-0.1, -0.05) is 19.3 Å². The molecule has 1 aliphatic rings. The van der Waals surface area contributed by atoms with Crippen molar-refractivity contribution in [2.24, 2.45) is 5.92 Å². The van der Waals surface area contributed by atoms with Gasteiger partial charge in [0.05, 0.1) is 11.9 Å². The molecule has 2 amide bonds. The van der Waals surface area contributed by atoms with Crippen LogP contribution in [0.25, 0.3) is 0 Å². The summed E-state index contributed by atoms with van der Waals surface area (Å²) in [4.78, 5) is 53.1. The van der Waals surface area contributed by atoms with Crippen LogP contribution >= 0.6 is 0 Å². The molecular formula is C21H24N4O7. The molecule has 0 radical (unpaired) electrons. The fourth-order valence-electron chi connectivity index (χ4n) is 3.78. The number of rotatable bonds is 7. The van der Waals surface area contributed by atoms with Crippen LogP contribution in [0.3, 0.4) is 0 Å². The summed E-state index contributed by atoms with van der Waals surface area (Å²) in [5.41, 5.74) is -2.18. The summed E-state index contributed by atoms with van der Waals surface area (Å²) in [7, 11) is 0. The van der Waals surface area contributed by atoms with Crippen molar-refractivity contribution in [3.63, 3.8) is 0 Å². The normalized spacial score (nSPS) is 14.0. The van der Waals surface area contributed by atoms with Gasteiger partial charge in [-0.2, -0.15) is 0 Å². The molecule has 2 aromatic rings. The zero-order valence-corrected chi connectivity index (χ0v) is 17.2. The molecule has 0 atom stereocenters. The predicted octanol–water partition coefficient (Wildman–Crippen LogP) is 1.30.